The minimum Gasteiger partial charge on any atom is -0.337 e. The molecule has 1 aliphatic carbocycles. The fourth-order valence-corrected chi connectivity index (χ4v) is 4.42. The van der Waals surface area contributed by atoms with Crippen LogP contribution in [-0.2, 0) is 10.0 Å². The molecule has 0 bridgehead atoms. The van der Waals surface area contributed by atoms with Crippen LogP contribution in [0.15, 0.2) is 23.3 Å². The van der Waals surface area contributed by atoms with Gasteiger partial charge in [-0.3, -0.25) is 4.79 Å². The smallest absolute Gasteiger partial charge is 0.278 e. The van der Waals surface area contributed by atoms with E-state index in [1.165, 1.54) is 12.4 Å². The standard InChI is InChI=1S/C16H16N6O3S/c1-9(2)13-14(19-15-10(7-17)8-18-22(15)16(13)23)12-5-6-21(20-12)26(24,25)11-3-4-11/h5-6,8-9,11,19H,3-4H2,1-2H3. The Morgan fingerprint density at radius 2 is 2.12 bits per heavy atom. The van der Waals surface area contributed by atoms with Crippen LogP contribution < -0.4 is 5.56 Å². The van der Waals surface area contributed by atoms with Gasteiger partial charge in [-0.15, -0.1) is 0 Å². The van der Waals surface area contributed by atoms with Gasteiger partial charge < -0.3 is 4.98 Å². The molecule has 0 unspecified atom stereocenters. The lowest BCUT2D eigenvalue weighted by atomic mass is 10.0. The Kier molecular flexibility index (Phi) is 3.52. The van der Waals surface area contributed by atoms with Gasteiger partial charge in [0.05, 0.1) is 17.1 Å². The predicted octanol–water partition coefficient (Wildman–Crippen LogP) is 1.22. The summed E-state index contributed by atoms with van der Waals surface area (Å²) in [5.74, 6) is -0.155. The first-order chi connectivity index (χ1) is 12.3. The Morgan fingerprint density at radius 1 is 1.38 bits per heavy atom. The van der Waals surface area contributed by atoms with E-state index in [9.17, 15) is 18.5 Å². The zero-order valence-corrected chi connectivity index (χ0v) is 15.0. The summed E-state index contributed by atoms with van der Waals surface area (Å²) < 4.78 is 26.8. The minimum absolute atomic E-state index is 0.155. The highest BCUT2D eigenvalue weighted by atomic mass is 32.2. The zero-order valence-electron chi connectivity index (χ0n) is 14.2. The van der Waals surface area contributed by atoms with Gasteiger partial charge in [-0.1, -0.05) is 13.8 Å². The highest BCUT2D eigenvalue weighted by Crippen LogP contribution is 2.31. The molecule has 1 fully saturated rings. The van der Waals surface area contributed by atoms with E-state index < -0.39 is 10.0 Å². The summed E-state index contributed by atoms with van der Waals surface area (Å²) in [7, 11) is -3.50. The molecule has 0 spiro atoms. The fourth-order valence-electron chi connectivity index (χ4n) is 2.95. The molecule has 3 aromatic rings. The van der Waals surface area contributed by atoms with Gasteiger partial charge in [0.2, 0.25) is 0 Å². The van der Waals surface area contributed by atoms with Gasteiger partial charge in [-0.2, -0.15) is 24.1 Å². The molecule has 0 saturated heterocycles. The van der Waals surface area contributed by atoms with Crippen LogP contribution in [0.1, 0.15) is 43.7 Å². The molecule has 0 aromatic carbocycles. The van der Waals surface area contributed by atoms with E-state index in [1.807, 2.05) is 19.9 Å². The Hall–Kier alpha value is -2.93. The molecule has 1 N–H and O–H groups in total. The molecule has 3 heterocycles. The zero-order chi connectivity index (χ0) is 18.6. The fraction of sp³-hybridized carbons (Fsp3) is 0.375. The molecule has 0 amide bonds. The minimum atomic E-state index is -3.50. The number of H-pyrrole nitrogens is 1. The maximum absolute atomic E-state index is 12.8. The second-order valence-corrected chi connectivity index (χ2v) is 8.69. The van der Waals surface area contributed by atoms with Crippen molar-refractivity contribution in [1.82, 2.24) is 23.8 Å². The van der Waals surface area contributed by atoms with Crippen molar-refractivity contribution in [3.05, 3.63) is 39.9 Å². The summed E-state index contributed by atoms with van der Waals surface area (Å²) in [6, 6.07) is 3.53. The highest BCUT2D eigenvalue weighted by molar-refractivity contribution is 7.90. The maximum Gasteiger partial charge on any atom is 0.278 e. The largest absolute Gasteiger partial charge is 0.337 e. The van der Waals surface area contributed by atoms with Crippen molar-refractivity contribution in [2.24, 2.45) is 0 Å². The number of rotatable bonds is 4. The van der Waals surface area contributed by atoms with Crippen LogP contribution in [0.3, 0.4) is 0 Å². The summed E-state index contributed by atoms with van der Waals surface area (Å²) in [4.78, 5) is 15.9. The number of nitrogens with zero attached hydrogens (tertiary/aromatic N) is 5. The van der Waals surface area contributed by atoms with Crippen LogP contribution >= 0.6 is 0 Å². The van der Waals surface area contributed by atoms with Crippen LogP contribution in [0.2, 0.25) is 0 Å². The van der Waals surface area contributed by atoms with Crippen LogP contribution in [0, 0.1) is 11.3 Å². The van der Waals surface area contributed by atoms with E-state index in [2.05, 4.69) is 15.2 Å². The number of hydrogen-bond donors (Lipinski definition) is 1. The van der Waals surface area contributed by atoms with Crippen molar-refractivity contribution in [2.45, 2.75) is 37.9 Å². The van der Waals surface area contributed by atoms with Crippen molar-refractivity contribution in [1.29, 1.82) is 5.26 Å². The lowest BCUT2D eigenvalue weighted by Crippen LogP contribution is -2.23. The normalized spacial score (nSPS) is 14.8. The van der Waals surface area contributed by atoms with Crippen LogP contribution in [-0.4, -0.2) is 37.5 Å². The molecule has 0 atom stereocenters. The number of aromatic nitrogens is 5. The lowest BCUT2D eigenvalue weighted by molar-refractivity contribution is 0.579. The Labute approximate surface area is 148 Å². The van der Waals surface area contributed by atoms with Crippen molar-refractivity contribution in [3.8, 4) is 17.5 Å². The molecule has 1 saturated carbocycles. The summed E-state index contributed by atoms with van der Waals surface area (Å²) >= 11 is 0. The molecule has 0 aliphatic heterocycles. The molecule has 26 heavy (non-hydrogen) atoms. The Bertz CT molecular complexity index is 1220. The van der Waals surface area contributed by atoms with Gasteiger partial charge in [-0.25, -0.2) is 8.42 Å². The molecule has 0 radical (unpaired) electrons. The number of nitrogens with one attached hydrogen (secondary N) is 1. The molecular formula is C16H16N6O3S. The second kappa shape index (κ2) is 5.54. The quantitative estimate of drug-likeness (QED) is 0.734. The molecule has 9 nitrogen and oxygen atoms in total. The van der Waals surface area contributed by atoms with Crippen molar-refractivity contribution >= 4 is 15.7 Å². The third-order valence-corrected chi connectivity index (χ3v) is 6.47. The molecule has 10 heteroatoms. The van der Waals surface area contributed by atoms with E-state index in [1.54, 1.807) is 6.07 Å². The monoisotopic (exact) mass is 372 g/mol. The molecule has 3 aromatic heterocycles. The van der Waals surface area contributed by atoms with E-state index in [4.69, 9.17) is 0 Å². The Morgan fingerprint density at radius 3 is 2.73 bits per heavy atom. The van der Waals surface area contributed by atoms with E-state index in [0.29, 0.717) is 29.8 Å². The summed E-state index contributed by atoms with van der Waals surface area (Å²) in [5, 5.41) is 17.0. The number of fused-ring (bicyclic) bond motifs is 1. The van der Waals surface area contributed by atoms with Gasteiger partial charge in [-0.05, 0) is 24.8 Å². The summed E-state index contributed by atoms with van der Waals surface area (Å²) in [6.45, 7) is 3.71. The lowest BCUT2D eigenvalue weighted by Gasteiger charge is -2.11. The molecular weight excluding hydrogens is 356 g/mol. The van der Waals surface area contributed by atoms with Gasteiger partial charge in [0, 0.05) is 11.8 Å². The number of nitriles is 1. The number of hydrogen-bond acceptors (Lipinski definition) is 6. The van der Waals surface area contributed by atoms with Crippen molar-refractivity contribution in [2.75, 3.05) is 0 Å². The average Bonchev–Trinajstić information content (AvgIpc) is 3.19. The van der Waals surface area contributed by atoms with E-state index in [0.717, 1.165) is 8.60 Å². The van der Waals surface area contributed by atoms with Gasteiger partial charge >= 0.3 is 0 Å². The maximum atomic E-state index is 12.8. The van der Waals surface area contributed by atoms with Crippen molar-refractivity contribution < 1.29 is 8.42 Å². The first-order valence-electron chi connectivity index (χ1n) is 8.19. The van der Waals surface area contributed by atoms with Gasteiger partial charge in [0.25, 0.3) is 15.6 Å². The molecule has 134 valence electrons. The third-order valence-electron chi connectivity index (χ3n) is 4.43. The number of aromatic amines is 1. The van der Waals surface area contributed by atoms with Gasteiger partial charge in [0.15, 0.2) is 5.65 Å². The average molecular weight is 372 g/mol. The third kappa shape index (κ3) is 2.35. The topological polar surface area (TPSA) is 126 Å². The molecule has 1 aliphatic rings. The van der Waals surface area contributed by atoms with Crippen LogP contribution in [0.25, 0.3) is 17.0 Å². The Balaban J connectivity index is 1.96. The van der Waals surface area contributed by atoms with Crippen LogP contribution in [0.4, 0.5) is 0 Å². The first-order valence-corrected chi connectivity index (χ1v) is 9.69. The summed E-state index contributed by atoms with van der Waals surface area (Å²) in [6.07, 6.45) is 3.98. The second-order valence-electron chi connectivity index (χ2n) is 6.62. The van der Waals surface area contributed by atoms with Crippen molar-refractivity contribution in [3.63, 3.8) is 0 Å². The highest BCUT2D eigenvalue weighted by Gasteiger charge is 2.37. The van der Waals surface area contributed by atoms with E-state index >= 15 is 0 Å². The van der Waals surface area contributed by atoms with Gasteiger partial charge in [0.1, 0.15) is 17.3 Å². The van der Waals surface area contributed by atoms with Crippen LogP contribution in [0.5, 0.6) is 0 Å². The summed E-state index contributed by atoms with van der Waals surface area (Å²) in [5.41, 5.74) is 1.30. The van der Waals surface area contributed by atoms with E-state index in [-0.39, 0.29) is 27.9 Å². The SMILES string of the molecule is CC(C)c1c(-c2ccn(S(=O)(=O)C3CC3)n2)[nH]c2c(C#N)cnn2c1=O. The molecule has 4 rings (SSSR count). The first kappa shape index (κ1) is 16.5. The predicted molar refractivity (Wildman–Crippen MR) is 93.2 cm³/mol.